The number of Topliss-reactive ketones (excluding diaryl/α,β-unsaturated/α-hetero) is 1. The van der Waals surface area contributed by atoms with Gasteiger partial charge in [-0.05, 0) is 17.5 Å². The molecule has 0 amide bonds. The van der Waals surface area contributed by atoms with E-state index in [0.717, 1.165) is 5.56 Å². The lowest BCUT2D eigenvalue weighted by atomic mass is 9.68. The van der Waals surface area contributed by atoms with Crippen LogP contribution in [0.1, 0.15) is 31.2 Å². The molecular formula is C14H14O3. The number of ether oxygens (including phenoxy) is 1. The third-order valence-electron chi connectivity index (χ3n) is 3.84. The van der Waals surface area contributed by atoms with Gasteiger partial charge < -0.3 is 4.74 Å². The Balaban J connectivity index is 2.08. The molecule has 3 nitrogen and oxygen atoms in total. The molecule has 1 aliphatic carbocycles. The fraction of sp³-hybridized carbons (Fsp3) is 0.429. The molecule has 0 N–H and O–H groups in total. The first kappa shape index (κ1) is 10.5. The van der Waals surface area contributed by atoms with Crippen molar-refractivity contribution >= 4 is 11.8 Å². The predicted octanol–water partition coefficient (Wildman–Crippen LogP) is 2.30. The van der Waals surface area contributed by atoms with E-state index in [2.05, 4.69) is 0 Å². The van der Waals surface area contributed by atoms with Crippen LogP contribution in [0.15, 0.2) is 24.3 Å². The summed E-state index contributed by atoms with van der Waals surface area (Å²) in [4.78, 5) is 23.7. The highest BCUT2D eigenvalue weighted by Gasteiger charge is 2.45. The number of rotatable bonds is 0. The fourth-order valence-corrected chi connectivity index (χ4v) is 3.09. The van der Waals surface area contributed by atoms with Gasteiger partial charge in [-0.25, -0.2) is 0 Å². The Bertz CT molecular complexity index is 492. The van der Waals surface area contributed by atoms with Gasteiger partial charge in [0.15, 0.2) is 0 Å². The largest absolute Gasteiger partial charge is 0.426 e. The molecule has 2 aliphatic rings. The van der Waals surface area contributed by atoms with E-state index < -0.39 is 0 Å². The lowest BCUT2D eigenvalue weighted by Crippen LogP contribution is -2.40. The maximum atomic E-state index is 12.0. The standard InChI is InChI=1S/C14H14O3/c1-8-6-9(15)7-11-10-4-2-3-5-12(10)17-14(16)13(8)11/h2-5,8,11,13H,6-7H2,1H3/t8-,11+,13-/m1/s1. The third-order valence-corrected chi connectivity index (χ3v) is 3.84. The number of esters is 1. The Hall–Kier alpha value is -1.64. The molecule has 1 aromatic rings. The number of carbonyl (C=O) groups is 2. The average Bonchev–Trinajstić information content (AvgIpc) is 2.28. The van der Waals surface area contributed by atoms with Gasteiger partial charge in [0, 0.05) is 18.8 Å². The first-order valence-electron chi connectivity index (χ1n) is 5.99. The van der Waals surface area contributed by atoms with Crippen LogP contribution < -0.4 is 4.74 Å². The normalized spacial score (nSPS) is 31.5. The minimum absolute atomic E-state index is 0.0173. The minimum Gasteiger partial charge on any atom is -0.426 e. The molecule has 3 rings (SSSR count). The van der Waals surface area contributed by atoms with Gasteiger partial charge in [0.25, 0.3) is 0 Å². The van der Waals surface area contributed by atoms with Gasteiger partial charge in [-0.2, -0.15) is 0 Å². The number of carbonyl (C=O) groups excluding carboxylic acids is 2. The second-order valence-corrected chi connectivity index (χ2v) is 5.02. The smallest absolute Gasteiger partial charge is 0.315 e. The molecule has 0 bridgehead atoms. The summed E-state index contributed by atoms with van der Waals surface area (Å²) in [6.07, 6.45) is 0.972. The van der Waals surface area contributed by atoms with Crippen LogP contribution in [0.2, 0.25) is 0 Å². The summed E-state index contributed by atoms with van der Waals surface area (Å²) in [6, 6.07) is 7.54. The Morgan fingerprint density at radius 2 is 1.94 bits per heavy atom. The molecule has 1 aliphatic heterocycles. The first-order chi connectivity index (χ1) is 8.16. The molecule has 1 aromatic carbocycles. The lowest BCUT2D eigenvalue weighted by molar-refractivity contribution is -0.145. The molecule has 88 valence electrons. The van der Waals surface area contributed by atoms with Gasteiger partial charge in [0.1, 0.15) is 11.5 Å². The third kappa shape index (κ3) is 1.57. The van der Waals surface area contributed by atoms with Crippen LogP contribution in [0.25, 0.3) is 0 Å². The highest BCUT2D eigenvalue weighted by atomic mass is 16.5. The zero-order valence-corrected chi connectivity index (χ0v) is 9.68. The van der Waals surface area contributed by atoms with E-state index in [1.54, 1.807) is 6.07 Å². The van der Waals surface area contributed by atoms with Crippen LogP contribution >= 0.6 is 0 Å². The molecule has 0 spiro atoms. The van der Waals surface area contributed by atoms with Crippen LogP contribution in [0.5, 0.6) is 5.75 Å². The van der Waals surface area contributed by atoms with E-state index in [1.165, 1.54) is 0 Å². The zero-order valence-electron chi connectivity index (χ0n) is 9.68. The van der Waals surface area contributed by atoms with Crippen LogP contribution in [0.3, 0.4) is 0 Å². The van der Waals surface area contributed by atoms with E-state index in [-0.39, 0.29) is 29.5 Å². The SMILES string of the molecule is C[C@@H]1CC(=O)C[C@H]2c3ccccc3OC(=O)[C@H]12. The van der Waals surface area contributed by atoms with Crippen molar-refractivity contribution in [1.29, 1.82) is 0 Å². The molecule has 17 heavy (non-hydrogen) atoms. The van der Waals surface area contributed by atoms with Gasteiger partial charge in [0.2, 0.25) is 0 Å². The predicted molar refractivity (Wildman–Crippen MR) is 61.7 cm³/mol. The fourth-order valence-electron chi connectivity index (χ4n) is 3.09. The van der Waals surface area contributed by atoms with Crippen molar-refractivity contribution in [3.63, 3.8) is 0 Å². The quantitative estimate of drug-likeness (QED) is 0.507. The highest BCUT2D eigenvalue weighted by molar-refractivity contribution is 5.87. The van der Waals surface area contributed by atoms with Gasteiger partial charge in [-0.1, -0.05) is 25.1 Å². The van der Waals surface area contributed by atoms with Gasteiger partial charge >= 0.3 is 5.97 Å². The Kier molecular flexibility index (Phi) is 2.28. The molecule has 3 atom stereocenters. The summed E-state index contributed by atoms with van der Waals surface area (Å²) in [5.74, 6) is 0.658. The molecule has 1 saturated carbocycles. The molecular weight excluding hydrogens is 216 g/mol. The second kappa shape index (κ2) is 3.69. The molecule has 0 aromatic heterocycles. The second-order valence-electron chi connectivity index (χ2n) is 5.02. The number of benzene rings is 1. The molecule has 0 saturated heterocycles. The molecule has 0 unspecified atom stereocenters. The van der Waals surface area contributed by atoms with Crippen molar-refractivity contribution in [3.05, 3.63) is 29.8 Å². The van der Waals surface area contributed by atoms with Crippen LogP contribution in [0, 0.1) is 11.8 Å². The Morgan fingerprint density at radius 3 is 2.76 bits per heavy atom. The van der Waals surface area contributed by atoms with E-state index in [9.17, 15) is 9.59 Å². The van der Waals surface area contributed by atoms with Crippen molar-refractivity contribution < 1.29 is 14.3 Å². The van der Waals surface area contributed by atoms with Crippen molar-refractivity contribution in [3.8, 4) is 5.75 Å². The van der Waals surface area contributed by atoms with E-state index in [4.69, 9.17) is 4.74 Å². The summed E-state index contributed by atoms with van der Waals surface area (Å²) in [5, 5.41) is 0. The van der Waals surface area contributed by atoms with Gasteiger partial charge in [0.05, 0.1) is 5.92 Å². The number of para-hydroxylation sites is 1. The van der Waals surface area contributed by atoms with Crippen molar-refractivity contribution in [1.82, 2.24) is 0 Å². The number of fused-ring (bicyclic) bond motifs is 3. The number of ketones is 1. The van der Waals surface area contributed by atoms with Gasteiger partial charge in [-0.15, -0.1) is 0 Å². The monoisotopic (exact) mass is 230 g/mol. The highest BCUT2D eigenvalue weighted by Crippen LogP contribution is 2.46. The maximum Gasteiger partial charge on any atom is 0.315 e. The van der Waals surface area contributed by atoms with Crippen molar-refractivity contribution in [2.75, 3.05) is 0 Å². The topological polar surface area (TPSA) is 43.4 Å². The van der Waals surface area contributed by atoms with E-state index >= 15 is 0 Å². The zero-order chi connectivity index (χ0) is 12.0. The average molecular weight is 230 g/mol. The van der Waals surface area contributed by atoms with E-state index in [0.29, 0.717) is 18.6 Å². The molecule has 3 heteroatoms. The van der Waals surface area contributed by atoms with Crippen LogP contribution in [-0.2, 0) is 9.59 Å². The summed E-state index contributed by atoms with van der Waals surface area (Å²) in [6.45, 7) is 1.96. The Morgan fingerprint density at radius 1 is 1.18 bits per heavy atom. The van der Waals surface area contributed by atoms with Gasteiger partial charge in [-0.3, -0.25) is 9.59 Å². The summed E-state index contributed by atoms with van der Waals surface area (Å²) >= 11 is 0. The lowest BCUT2D eigenvalue weighted by Gasteiger charge is -2.38. The number of hydrogen-bond acceptors (Lipinski definition) is 3. The molecule has 1 fully saturated rings. The van der Waals surface area contributed by atoms with E-state index in [1.807, 2.05) is 25.1 Å². The molecule has 0 radical (unpaired) electrons. The number of hydrogen-bond donors (Lipinski definition) is 0. The maximum absolute atomic E-state index is 12.0. The van der Waals surface area contributed by atoms with Crippen molar-refractivity contribution in [2.45, 2.75) is 25.7 Å². The van der Waals surface area contributed by atoms with Crippen molar-refractivity contribution in [2.24, 2.45) is 11.8 Å². The first-order valence-corrected chi connectivity index (χ1v) is 5.99. The summed E-state index contributed by atoms with van der Waals surface area (Å²) in [5.41, 5.74) is 1.01. The summed E-state index contributed by atoms with van der Waals surface area (Å²) < 4.78 is 5.36. The Labute approximate surface area is 99.8 Å². The summed E-state index contributed by atoms with van der Waals surface area (Å²) in [7, 11) is 0. The van der Waals surface area contributed by atoms with Crippen LogP contribution in [-0.4, -0.2) is 11.8 Å². The van der Waals surface area contributed by atoms with Crippen LogP contribution in [0.4, 0.5) is 0 Å². The molecule has 1 heterocycles. The minimum atomic E-state index is -0.172.